The number of halogens is 2. The maximum absolute atomic E-state index is 6.24. The summed E-state index contributed by atoms with van der Waals surface area (Å²) < 4.78 is 0. The van der Waals surface area contributed by atoms with Crippen molar-refractivity contribution in [3.05, 3.63) is 55.7 Å². The third kappa shape index (κ3) is 3.07. The molecule has 1 nitrogen and oxygen atoms in total. The lowest BCUT2D eigenvalue weighted by atomic mass is 10.0. The average Bonchev–Trinajstić information content (AvgIpc) is 2.71. The van der Waals surface area contributed by atoms with Gasteiger partial charge in [0.15, 0.2) is 0 Å². The maximum atomic E-state index is 6.24. The van der Waals surface area contributed by atoms with E-state index in [0.717, 1.165) is 32.6 Å². The first-order valence-electron chi connectivity index (χ1n) is 5.85. The fourth-order valence-corrected chi connectivity index (χ4v) is 3.57. The summed E-state index contributed by atoms with van der Waals surface area (Å²) >= 11 is 14.0. The number of thiophene rings is 1. The van der Waals surface area contributed by atoms with Gasteiger partial charge in [0.25, 0.3) is 0 Å². The Morgan fingerprint density at radius 3 is 2.61 bits per heavy atom. The van der Waals surface area contributed by atoms with Gasteiger partial charge < -0.3 is 5.32 Å². The van der Waals surface area contributed by atoms with Crippen molar-refractivity contribution in [3.8, 4) is 0 Å². The molecule has 4 heteroatoms. The number of hydrogen-bond acceptors (Lipinski definition) is 2. The van der Waals surface area contributed by atoms with E-state index >= 15 is 0 Å². The number of rotatable bonds is 4. The van der Waals surface area contributed by atoms with E-state index in [1.165, 1.54) is 0 Å². The molecule has 1 heterocycles. The summed E-state index contributed by atoms with van der Waals surface area (Å²) in [4.78, 5) is 1.14. The van der Waals surface area contributed by atoms with Crippen LogP contribution in [0.1, 0.15) is 29.0 Å². The second-order valence-corrected chi connectivity index (χ2v) is 5.98. The number of hydrogen-bond donors (Lipinski definition) is 1. The molecule has 0 fully saturated rings. The predicted octanol–water partition coefficient (Wildman–Crippen LogP) is 5.06. The molecular formula is C14H15Cl2NS. The van der Waals surface area contributed by atoms with Crippen molar-refractivity contribution in [1.29, 1.82) is 0 Å². The second-order valence-electron chi connectivity index (χ2n) is 4.19. The summed E-state index contributed by atoms with van der Waals surface area (Å²) in [6, 6.07) is 8.15. The van der Waals surface area contributed by atoms with Crippen molar-refractivity contribution in [2.75, 3.05) is 6.54 Å². The smallest absolute Gasteiger partial charge is 0.0686 e. The van der Waals surface area contributed by atoms with Crippen molar-refractivity contribution < 1.29 is 0 Å². The van der Waals surface area contributed by atoms with E-state index < -0.39 is 0 Å². The monoisotopic (exact) mass is 299 g/mol. The molecule has 2 rings (SSSR count). The van der Waals surface area contributed by atoms with Gasteiger partial charge in [-0.3, -0.25) is 0 Å². The van der Waals surface area contributed by atoms with E-state index in [0.29, 0.717) is 0 Å². The van der Waals surface area contributed by atoms with Gasteiger partial charge in [0.05, 0.1) is 11.1 Å². The van der Waals surface area contributed by atoms with Crippen molar-refractivity contribution >= 4 is 34.5 Å². The van der Waals surface area contributed by atoms with E-state index in [9.17, 15) is 0 Å². The molecule has 96 valence electrons. The minimum atomic E-state index is 0.111. The summed E-state index contributed by atoms with van der Waals surface area (Å²) in [6.07, 6.45) is 0. The van der Waals surface area contributed by atoms with Gasteiger partial charge in [0.1, 0.15) is 0 Å². The van der Waals surface area contributed by atoms with Gasteiger partial charge in [-0.05, 0) is 48.2 Å². The average molecular weight is 300 g/mol. The van der Waals surface area contributed by atoms with Crippen LogP contribution in [0.5, 0.6) is 0 Å². The molecule has 1 aromatic heterocycles. The number of aryl methyl sites for hydroxylation is 1. The van der Waals surface area contributed by atoms with Crippen LogP contribution in [0, 0.1) is 6.92 Å². The van der Waals surface area contributed by atoms with E-state index in [2.05, 4.69) is 25.2 Å². The van der Waals surface area contributed by atoms with Gasteiger partial charge >= 0.3 is 0 Å². The summed E-state index contributed by atoms with van der Waals surface area (Å²) in [5, 5.41) is 7.05. The summed E-state index contributed by atoms with van der Waals surface area (Å²) in [6.45, 7) is 5.02. The summed E-state index contributed by atoms with van der Waals surface area (Å²) in [5.41, 5.74) is 2.32. The topological polar surface area (TPSA) is 12.0 Å². The lowest BCUT2D eigenvalue weighted by Crippen LogP contribution is -2.21. The SMILES string of the molecule is CCNC(c1cc(C)cc(Cl)c1)c1sccc1Cl. The Balaban J connectivity index is 2.44. The number of benzene rings is 1. The fraction of sp³-hybridized carbons (Fsp3) is 0.286. The Morgan fingerprint density at radius 2 is 2.06 bits per heavy atom. The lowest BCUT2D eigenvalue weighted by molar-refractivity contribution is 0.639. The molecule has 0 saturated carbocycles. The molecule has 0 radical (unpaired) electrons. The molecule has 1 N–H and O–H groups in total. The molecule has 0 aliphatic carbocycles. The third-order valence-electron chi connectivity index (χ3n) is 2.71. The zero-order chi connectivity index (χ0) is 13.1. The van der Waals surface area contributed by atoms with Crippen LogP contribution in [0.2, 0.25) is 10.0 Å². The molecule has 0 bridgehead atoms. The van der Waals surface area contributed by atoms with Gasteiger partial charge in [-0.1, -0.05) is 36.2 Å². The van der Waals surface area contributed by atoms with Gasteiger partial charge in [0.2, 0.25) is 0 Å². The van der Waals surface area contributed by atoms with Crippen molar-refractivity contribution in [1.82, 2.24) is 5.32 Å². The molecule has 0 amide bonds. The lowest BCUT2D eigenvalue weighted by Gasteiger charge is -2.18. The van der Waals surface area contributed by atoms with Crippen LogP contribution in [-0.4, -0.2) is 6.54 Å². The molecule has 0 aliphatic heterocycles. The maximum Gasteiger partial charge on any atom is 0.0686 e. The second kappa shape index (κ2) is 6.07. The molecule has 0 aliphatic rings. The highest BCUT2D eigenvalue weighted by molar-refractivity contribution is 7.10. The zero-order valence-corrected chi connectivity index (χ0v) is 12.7. The molecule has 0 saturated heterocycles. The van der Waals surface area contributed by atoms with Gasteiger partial charge in [-0.25, -0.2) is 0 Å². The van der Waals surface area contributed by atoms with E-state index in [-0.39, 0.29) is 6.04 Å². The van der Waals surface area contributed by atoms with Crippen LogP contribution in [0.15, 0.2) is 29.6 Å². The molecule has 1 aromatic carbocycles. The van der Waals surface area contributed by atoms with Crippen molar-refractivity contribution in [2.24, 2.45) is 0 Å². The first-order valence-corrected chi connectivity index (χ1v) is 7.48. The molecule has 18 heavy (non-hydrogen) atoms. The number of nitrogens with one attached hydrogen (secondary N) is 1. The van der Waals surface area contributed by atoms with Gasteiger partial charge in [-0.2, -0.15) is 0 Å². The van der Waals surface area contributed by atoms with Crippen LogP contribution < -0.4 is 5.32 Å². The Morgan fingerprint density at radius 1 is 1.28 bits per heavy atom. The predicted molar refractivity (Wildman–Crippen MR) is 81.0 cm³/mol. The first-order chi connectivity index (χ1) is 8.61. The van der Waals surface area contributed by atoms with Crippen LogP contribution >= 0.6 is 34.5 Å². The Kier molecular flexibility index (Phi) is 4.68. The van der Waals surface area contributed by atoms with Crippen LogP contribution in [0.3, 0.4) is 0 Å². The molecule has 1 unspecified atom stereocenters. The van der Waals surface area contributed by atoms with Crippen molar-refractivity contribution in [2.45, 2.75) is 19.9 Å². The highest BCUT2D eigenvalue weighted by Crippen LogP contribution is 2.34. The fourth-order valence-electron chi connectivity index (χ4n) is 2.01. The highest BCUT2D eigenvalue weighted by Gasteiger charge is 2.18. The zero-order valence-electron chi connectivity index (χ0n) is 10.3. The third-order valence-corrected chi connectivity index (χ3v) is 4.35. The largest absolute Gasteiger partial charge is 0.306 e. The first kappa shape index (κ1) is 13.9. The Labute approximate surface area is 122 Å². The van der Waals surface area contributed by atoms with Gasteiger partial charge in [-0.15, -0.1) is 11.3 Å². The standard InChI is InChI=1S/C14H15Cl2NS/c1-3-17-13(14-12(16)4-5-18-14)10-6-9(2)7-11(15)8-10/h4-8,13,17H,3H2,1-2H3. The van der Waals surface area contributed by atoms with Crippen LogP contribution in [-0.2, 0) is 0 Å². The summed E-state index contributed by atoms with van der Waals surface area (Å²) in [5.74, 6) is 0. The van der Waals surface area contributed by atoms with Crippen LogP contribution in [0.25, 0.3) is 0 Å². The Hall–Kier alpha value is -0.540. The van der Waals surface area contributed by atoms with Crippen molar-refractivity contribution in [3.63, 3.8) is 0 Å². The Bertz CT molecular complexity index is 516. The minimum Gasteiger partial charge on any atom is -0.306 e. The summed E-state index contributed by atoms with van der Waals surface area (Å²) in [7, 11) is 0. The molecule has 2 aromatic rings. The van der Waals surface area contributed by atoms with E-state index in [1.54, 1.807) is 11.3 Å². The van der Waals surface area contributed by atoms with E-state index in [1.807, 2.05) is 23.6 Å². The van der Waals surface area contributed by atoms with E-state index in [4.69, 9.17) is 23.2 Å². The van der Waals surface area contributed by atoms with Crippen LogP contribution in [0.4, 0.5) is 0 Å². The highest BCUT2D eigenvalue weighted by atomic mass is 35.5. The molecular weight excluding hydrogens is 285 g/mol. The molecule has 0 spiro atoms. The molecule has 1 atom stereocenters. The van der Waals surface area contributed by atoms with Gasteiger partial charge in [0, 0.05) is 9.90 Å². The quantitative estimate of drug-likeness (QED) is 0.832. The minimum absolute atomic E-state index is 0.111. The normalized spacial score (nSPS) is 12.7.